The van der Waals surface area contributed by atoms with E-state index in [4.69, 9.17) is 10.5 Å². The van der Waals surface area contributed by atoms with Crippen LogP contribution < -0.4 is 11.1 Å². The number of carbonyl (C=O) groups is 1. The molecular weight excluding hydrogens is 192 g/mol. The summed E-state index contributed by atoms with van der Waals surface area (Å²) < 4.78 is 5.17. The van der Waals surface area contributed by atoms with Crippen molar-refractivity contribution in [2.75, 3.05) is 19.8 Å². The summed E-state index contributed by atoms with van der Waals surface area (Å²) in [7, 11) is 0. The summed E-state index contributed by atoms with van der Waals surface area (Å²) in [5.74, 6) is 0.631. The Morgan fingerprint density at radius 2 is 2.20 bits per heavy atom. The predicted molar refractivity (Wildman–Crippen MR) is 57.3 cm³/mol. The molecule has 1 amide bonds. The molecule has 2 rings (SSSR count). The molecule has 0 radical (unpaired) electrons. The van der Waals surface area contributed by atoms with Crippen molar-refractivity contribution in [1.82, 2.24) is 5.32 Å². The van der Waals surface area contributed by atoms with E-state index in [1.54, 1.807) is 0 Å². The molecule has 0 aromatic heterocycles. The third kappa shape index (κ3) is 2.49. The van der Waals surface area contributed by atoms with Gasteiger partial charge in [0.25, 0.3) is 0 Å². The van der Waals surface area contributed by atoms with Gasteiger partial charge in [-0.25, -0.2) is 0 Å². The van der Waals surface area contributed by atoms with Crippen LogP contribution >= 0.6 is 0 Å². The number of ether oxygens (including phenoxy) is 1. The van der Waals surface area contributed by atoms with E-state index in [1.165, 1.54) is 25.7 Å². The maximum absolute atomic E-state index is 11.8. The Morgan fingerprint density at radius 3 is 2.80 bits per heavy atom. The molecule has 4 heteroatoms. The van der Waals surface area contributed by atoms with Gasteiger partial charge in [-0.3, -0.25) is 4.79 Å². The molecule has 1 saturated carbocycles. The Morgan fingerprint density at radius 1 is 1.47 bits per heavy atom. The van der Waals surface area contributed by atoms with Crippen LogP contribution in [-0.2, 0) is 9.53 Å². The summed E-state index contributed by atoms with van der Waals surface area (Å²) in [5, 5.41) is 2.96. The van der Waals surface area contributed by atoms with E-state index in [0.717, 1.165) is 6.54 Å². The number of nitrogens with one attached hydrogen (secondary N) is 1. The maximum Gasteiger partial charge on any atom is 0.242 e. The van der Waals surface area contributed by atoms with Crippen LogP contribution in [0, 0.1) is 5.92 Å². The van der Waals surface area contributed by atoms with Gasteiger partial charge in [0.15, 0.2) is 0 Å². The topological polar surface area (TPSA) is 64.4 Å². The second-order valence-electron chi connectivity index (χ2n) is 4.82. The van der Waals surface area contributed by atoms with E-state index in [-0.39, 0.29) is 5.91 Å². The molecule has 3 N–H and O–H groups in total. The van der Waals surface area contributed by atoms with Crippen molar-refractivity contribution in [2.45, 2.75) is 37.6 Å². The van der Waals surface area contributed by atoms with Gasteiger partial charge in [-0.1, -0.05) is 12.8 Å². The highest BCUT2D eigenvalue weighted by atomic mass is 16.5. The minimum absolute atomic E-state index is 0.0353. The number of nitrogens with two attached hydrogens (primary N) is 1. The molecule has 1 unspecified atom stereocenters. The van der Waals surface area contributed by atoms with Crippen LogP contribution in [0.3, 0.4) is 0 Å². The highest BCUT2D eigenvalue weighted by Crippen LogP contribution is 2.24. The van der Waals surface area contributed by atoms with E-state index in [1.807, 2.05) is 0 Å². The summed E-state index contributed by atoms with van der Waals surface area (Å²) >= 11 is 0. The SMILES string of the molecule is NC1(C(=O)NCC2CCCC2)CCOC1. The largest absolute Gasteiger partial charge is 0.379 e. The molecule has 1 aliphatic carbocycles. The molecule has 0 aromatic rings. The van der Waals surface area contributed by atoms with Crippen molar-refractivity contribution in [2.24, 2.45) is 11.7 Å². The van der Waals surface area contributed by atoms with Crippen LogP contribution in [0.15, 0.2) is 0 Å². The Bertz CT molecular complexity index is 231. The fourth-order valence-electron chi connectivity index (χ4n) is 2.39. The minimum atomic E-state index is -0.765. The lowest BCUT2D eigenvalue weighted by Crippen LogP contribution is -2.55. The second kappa shape index (κ2) is 4.49. The molecule has 2 fully saturated rings. The summed E-state index contributed by atoms with van der Waals surface area (Å²) in [5.41, 5.74) is 5.19. The molecule has 1 heterocycles. The summed E-state index contributed by atoms with van der Waals surface area (Å²) in [6.07, 6.45) is 5.74. The second-order valence-corrected chi connectivity index (χ2v) is 4.82. The first-order valence-electron chi connectivity index (χ1n) is 5.86. The van der Waals surface area contributed by atoms with Crippen molar-refractivity contribution in [3.8, 4) is 0 Å². The van der Waals surface area contributed by atoms with Gasteiger partial charge in [-0.2, -0.15) is 0 Å². The highest BCUT2D eigenvalue weighted by molar-refractivity contribution is 5.86. The molecule has 1 aliphatic heterocycles. The van der Waals surface area contributed by atoms with Crippen molar-refractivity contribution < 1.29 is 9.53 Å². The van der Waals surface area contributed by atoms with Crippen LogP contribution in [-0.4, -0.2) is 31.2 Å². The quantitative estimate of drug-likeness (QED) is 0.712. The van der Waals surface area contributed by atoms with Gasteiger partial charge in [-0.05, 0) is 25.2 Å². The van der Waals surface area contributed by atoms with Gasteiger partial charge in [0, 0.05) is 13.2 Å². The number of rotatable bonds is 3. The molecule has 0 spiro atoms. The first-order valence-corrected chi connectivity index (χ1v) is 5.86. The van der Waals surface area contributed by atoms with Gasteiger partial charge < -0.3 is 15.8 Å². The lowest BCUT2D eigenvalue weighted by molar-refractivity contribution is -0.126. The number of hydrogen-bond donors (Lipinski definition) is 2. The Hall–Kier alpha value is -0.610. The zero-order valence-electron chi connectivity index (χ0n) is 9.13. The smallest absolute Gasteiger partial charge is 0.242 e. The zero-order valence-corrected chi connectivity index (χ0v) is 9.13. The van der Waals surface area contributed by atoms with Crippen LogP contribution in [0.5, 0.6) is 0 Å². The predicted octanol–water partition coefficient (Wildman–Crippen LogP) is 0.411. The van der Waals surface area contributed by atoms with Gasteiger partial charge in [0.1, 0.15) is 5.54 Å². The van der Waals surface area contributed by atoms with Gasteiger partial charge in [0.05, 0.1) is 6.61 Å². The van der Waals surface area contributed by atoms with E-state index >= 15 is 0 Å². The van der Waals surface area contributed by atoms with E-state index in [0.29, 0.717) is 25.6 Å². The Kier molecular flexibility index (Phi) is 3.26. The molecule has 0 bridgehead atoms. The van der Waals surface area contributed by atoms with Gasteiger partial charge in [0.2, 0.25) is 5.91 Å². The molecule has 0 aromatic carbocycles. The Balaban J connectivity index is 1.76. The van der Waals surface area contributed by atoms with Gasteiger partial charge in [-0.15, -0.1) is 0 Å². The fourth-order valence-corrected chi connectivity index (χ4v) is 2.39. The van der Waals surface area contributed by atoms with Crippen LogP contribution in [0.2, 0.25) is 0 Å². The minimum Gasteiger partial charge on any atom is -0.379 e. The molecule has 1 atom stereocenters. The molecule has 4 nitrogen and oxygen atoms in total. The average Bonchev–Trinajstić information content (AvgIpc) is 2.85. The molecule has 86 valence electrons. The third-order valence-corrected chi connectivity index (χ3v) is 3.53. The summed E-state index contributed by atoms with van der Waals surface area (Å²) in [4.78, 5) is 11.8. The molecule has 1 saturated heterocycles. The van der Waals surface area contributed by atoms with Crippen molar-refractivity contribution in [3.63, 3.8) is 0 Å². The number of carbonyl (C=O) groups excluding carboxylic acids is 1. The molecule has 2 aliphatic rings. The lowest BCUT2D eigenvalue weighted by atomic mass is 9.98. The number of hydrogen-bond acceptors (Lipinski definition) is 3. The van der Waals surface area contributed by atoms with Crippen molar-refractivity contribution in [1.29, 1.82) is 0 Å². The van der Waals surface area contributed by atoms with Crippen molar-refractivity contribution in [3.05, 3.63) is 0 Å². The zero-order chi connectivity index (χ0) is 10.7. The normalized spacial score (nSPS) is 32.1. The Labute approximate surface area is 90.5 Å². The number of amides is 1. The maximum atomic E-state index is 11.8. The summed E-state index contributed by atoms with van der Waals surface area (Å²) in [6.45, 7) is 1.76. The monoisotopic (exact) mass is 212 g/mol. The molecular formula is C11H20N2O2. The third-order valence-electron chi connectivity index (χ3n) is 3.53. The first-order chi connectivity index (χ1) is 7.21. The fraction of sp³-hybridized carbons (Fsp3) is 0.909. The first kappa shape index (κ1) is 10.9. The average molecular weight is 212 g/mol. The van der Waals surface area contributed by atoms with Crippen LogP contribution in [0.4, 0.5) is 0 Å². The van der Waals surface area contributed by atoms with E-state index in [2.05, 4.69) is 5.32 Å². The van der Waals surface area contributed by atoms with Crippen molar-refractivity contribution >= 4 is 5.91 Å². The van der Waals surface area contributed by atoms with Gasteiger partial charge >= 0.3 is 0 Å². The standard InChI is InChI=1S/C11H20N2O2/c12-11(5-6-15-8-11)10(14)13-7-9-3-1-2-4-9/h9H,1-8,12H2,(H,13,14). The summed E-state index contributed by atoms with van der Waals surface area (Å²) in [6, 6.07) is 0. The van der Waals surface area contributed by atoms with Crippen LogP contribution in [0.1, 0.15) is 32.1 Å². The lowest BCUT2D eigenvalue weighted by Gasteiger charge is -2.21. The van der Waals surface area contributed by atoms with Crippen LogP contribution in [0.25, 0.3) is 0 Å². The molecule has 15 heavy (non-hydrogen) atoms. The van der Waals surface area contributed by atoms with E-state index in [9.17, 15) is 4.79 Å². The highest BCUT2D eigenvalue weighted by Gasteiger charge is 2.38. The van der Waals surface area contributed by atoms with E-state index < -0.39 is 5.54 Å².